The Morgan fingerprint density at radius 2 is 0.889 bits per heavy atom. The largest absolute Gasteiger partial charge is 0.309 e. The molecule has 2 heteroatoms. The van der Waals surface area contributed by atoms with E-state index in [-0.39, 0.29) is 0 Å². The molecule has 0 saturated heterocycles. The lowest BCUT2D eigenvalue weighted by atomic mass is 9.94. The number of nitrogens with zero attached hydrogens (tertiary/aromatic N) is 2. The summed E-state index contributed by atoms with van der Waals surface area (Å²) in [7, 11) is 0. The fourth-order valence-corrected chi connectivity index (χ4v) is 8.02. The Morgan fingerprint density at radius 3 is 1.69 bits per heavy atom. The Bertz CT molecular complexity index is 2930. The summed E-state index contributed by atoms with van der Waals surface area (Å²) < 4.78 is 2.40. The van der Waals surface area contributed by atoms with Crippen LogP contribution in [0.25, 0.3) is 71.6 Å². The van der Waals surface area contributed by atoms with Crippen LogP contribution >= 0.6 is 0 Å². The second kappa shape index (κ2) is 13.4. The lowest BCUT2D eigenvalue weighted by Gasteiger charge is -2.30. The molecule has 0 aliphatic rings. The van der Waals surface area contributed by atoms with Crippen molar-refractivity contribution in [3.8, 4) is 39.1 Å². The van der Waals surface area contributed by atoms with Gasteiger partial charge in [0.05, 0.1) is 22.4 Å². The van der Waals surface area contributed by atoms with Crippen LogP contribution in [0.2, 0.25) is 0 Å². The third-order valence-corrected chi connectivity index (χ3v) is 10.6. The summed E-state index contributed by atoms with van der Waals surface area (Å²) in [6.45, 7) is 0. The molecule has 9 aromatic carbocycles. The van der Waals surface area contributed by atoms with Crippen molar-refractivity contribution >= 4 is 49.6 Å². The molecule has 0 fully saturated rings. The van der Waals surface area contributed by atoms with Gasteiger partial charge in [-0.25, -0.2) is 0 Å². The minimum Gasteiger partial charge on any atom is -0.309 e. The van der Waals surface area contributed by atoms with Crippen molar-refractivity contribution < 1.29 is 0 Å². The van der Waals surface area contributed by atoms with Crippen LogP contribution < -0.4 is 4.90 Å². The zero-order chi connectivity index (χ0) is 35.8. The van der Waals surface area contributed by atoms with Crippen LogP contribution in [0.4, 0.5) is 17.1 Å². The highest BCUT2D eigenvalue weighted by Crippen LogP contribution is 2.47. The van der Waals surface area contributed by atoms with E-state index in [4.69, 9.17) is 0 Å². The first-order chi connectivity index (χ1) is 26.8. The number of hydrogen-bond donors (Lipinski definition) is 0. The quantitative estimate of drug-likeness (QED) is 0.162. The SMILES string of the molecule is c1ccc(-c2ccccc2N(c2ccc3c4ccccc4n(-c4ccccc4)c3c2)c2ccc(-c3ccc4ccccc4c3)cc2-c2ccccc2)cc1. The van der Waals surface area contributed by atoms with Crippen LogP contribution in [-0.4, -0.2) is 4.57 Å². The van der Waals surface area contributed by atoms with E-state index in [9.17, 15) is 0 Å². The minimum absolute atomic E-state index is 1.08. The molecule has 0 amide bonds. The molecule has 0 spiro atoms. The predicted octanol–water partition coefficient (Wildman–Crippen LogP) is 14.4. The molecular formula is C52H36N2. The Hall–Kier alpha value is -7.16. The van der Waals surface area contributed by atoms with Crippen molar-refractivity contribution in [2.75, 3.05) is 4.90 Å². The van der Waals surface area contributed by atoms with Crippen LogP contribution in [0.15, 0.2) is 218 Å². The van der Waals surface area contributed by atoms with Crippen LogP contribution in [-0.2, 0) is 0 Å². The van der Waals surface area contributed by atoms with Gasteiger partial charge in [0.15, 0.2) is 0 Å². The van der Waals surface area contributed by atoms with Crippen molar-refractivity contribution in [2.45, 2.75) is 0 Å². The first-order valence-corrected chi connectivity index (χ1v) is 18.5. The first-order valence-electron chi connectivity index (χ1n) is 18.5. The van der Waals surface area contributed by atoms with Gasteiger partial charge in [0.2, 0.25) is 0 Å². The summed E-state index contributed by atoms with van der Waals surface area (Å²) in [5.74, 6) is 0. The third kappa shape index (κ3) is 5.53. The fraction of sp³-hybridized carbons (Fsp3) is 0. The summed E-state index contributed by atoms with van der Waals surface area (Å²) >= 11 is 0. The van der Waals surface area contributed by atoms with Crippen LogP contribution in [0.5, 0.6) is 0 Å². The van der Waals surface area contributed by atoms with E-state index in [0.717, 1.165) is 39.4 Å². The Kier molecular flexibility index (Phi) is 7.85. The molecule has 0 saturated carbocycles. The number of aromatic nitrogens is 1. The molecule has 0 atom stereocenters. The molecule has 1 heterocycles. The van der Waals surface area contributed by atoms with Crippen molar-refractivity contribution in [1.82, 2.24) is 4.57 Å². The molecule has 0 aliphatic carbocycles. The van der Waals surface area contributed by atoms with Crippen LogP contribution in [0, 0.1) is 0 Å². The maximum atomic E-state index is 2.46. The summed E-state index contributed by atoms with van der Waals surface area (Å²) in [4.78, 5) is 2.46. The van der Waals surface area contributed by atoms with Gasteiger partial charge in [-0.05, 0) is 87.6 Å². The lowest BCUT2D eigenvalue weighted by molar-refractivity contribution is 1.18. The molecule has 54 heavy (non-hydrogen) atoms. The molecule has 0 N–H and O–H groups in total. The second-order valence-electron chi connectivity index (χ2n) is 13.8. The van der Waals surface area contributed by atoms with Gasteiger partial charge in [-0.2, -0.15) is 0 Å². The van der Waals surface area contributed by atoms with Gasteiger partial charge in [-0.3, -0.25) is 0 Å². The summed E-state index contributed by atoms with van der Waals surface area (Å²) in [5.41, 5.74) is 13.8. The molecule has 10 aromatic rings. The summed E-state index contributed by atoms with van der Waals surface area (Å²) in [6.07, 6.45) is 0. The Balaban J connectivity index is 1.26. The number of benzene rings is 9. The number of para-hydroxylation sites is 3. The zero-order valence-corrected chi connectivity index (χ0v) is 29.7. The highest BCUT2D eigenvalue weighted by molar-refractivity contribution is 6.11. The van der Waals surface area contributed by atoms with Crippen molar-refractivity contribution in [3.05, 3.63) is 218 Å². The second-order valence-corrected chi connectivity index (χ2v) is 13.8. The van der Waals surface area contributed by atoms with E-state index in [1.54, 1.807) is 0 Å². The van der Waals surface area contributed by atoms with Crippen molar-refractivity contribution in [2.24, 2.45) is 0 Å². The lowest BCUT2D eigenvalue weighted by Crippen LogP contribution is -2.13. The van der Waals surface area contributed by atoms with Crippen LogP contribution in [0.1, 0.15) is 0 Å². The molecule has 0 unspecified atom stereocenters. The Morgan fingerprint density at radius 1 is 0.315 bits per heavy atom. The normalized spacial score (nSPS) is 11.3. The molecule has 0 aliphatic heterocycles. The molecule has 254 valence electrons. The zero-order valence-electron chi connectivity index (χ0n) is 29.7. The molecule has 2 nitrogen and oxygen atoms in total. The minimum atomic E-state index is 1.08. The van der Waals surface area contributed by atoms with Gasteiger partial charge in [0.25, 0.3) is 0 Å². The summed E-state index contributed by atoms with van der Waals surface area (Å²) in [6, 6.07) is 79.0. The van der Waals surface area contributed by atoms with Crippen molar-refractivity contribution in [1.29, 1.82) is 0 Å². The topological polar surface area (TPSA) is 8.17 Å². The number of rotatable bonds is 7. The Labute approximate surface area is 315 Å². The average Bonchev–Trinajstić information content (AvgIpc) is 3.58. The molecular weight excluding hydrogens is 653 g/mol. The first kappa shape index (κ1) is 31.6. The van der Waals surface area contributed by atoms with E-state index in [2.05, 4.69) is 228 Å². The highest BCUT2D eigenvalue weighted by atomic mass is 15.1. The van der Waals surface area contributed by atoms with E-state index in [0.29, 0.717) is 0 Å². The maximum absolute atomic E-state index is 2.46. The standard InChI is InChI=1S/C52H36N2/c1-4-17-38(18-5-1)45-24-12-14-26-49(45)54(44-31-32-47-46-25-13-15-27-50(46)53(52(47)36-44)43-22-8-3-9-23-43)51-33-30-42(35-48(51)39-19-6-2-7-20-39)41-29-28-37-16-10-11-21-40(37)34-41/h1-36H. The fourth-order valence-electron chi connectivity index (χ4n) is 8.02. The van der Waals surface area contributed by atoms with Crippen LogP contribution in [0.3, 0.4) is 0 Å². The number of anilines is 3. The third-order valence-electron chi connectivity index (χ3n) is 10.6. The van der Waals surface area contributed by atoms with E-state index < -0.39 is 0 Å². The van der Waals surface area contributed by atoms with Gasteiger partial charge in [0, 0.05) is 33.3 Å². The van der Waals surface area contributed by atoms with Crippen molar-refractivity contribution in [3.63, 3.8) is 0 Å². The molecule has 0 bridgehead atoms. The van der Waals surface area contributed by atoms with Gasteiger partial charge in [0.1, 0.15) is 0 Å². The van der Waals surface area contributed by atoms with Gasteiger partial charge >= 0.3 is 0 Å². The number of fused-ring (bicyclic) bond motifs is 4. The summed E-state index contributed by atoms with van der Waals surface area (Å²) in [5, 5.41) is 4.95. The molecule has 1 aromatic heterocycles. The predicted molar refractivity (Wildman–Crippen MR) is 229 cm³/mol. The molecule has 0 radical (unpaired) electrons. The average molecular weight is 689 g/mol. The maximum Gasteiger partial charge on any atom is 0.0561 e. The van der Waals surface area contributed by atoms with E-state index in [1.165, 1.54) is 49.3 Å². The number of hydrogen-bond acceptors (Lipinski definition) is 1. The highest BCUT2D eigenvalue weighted by Gasteiger charge is 2.23. The van der Waals surface area contributed by atoms with E-state index in [1.807, 2.05) is 0 Å². The molecule has 10 rings (SSSR count). The van der Waals surface area contributed by atoms with Gasteiger partial charge in [-0.1, -0.05) is 164 Å². The van der Waals surface area contributed by atoms with E-state index >= 15 is 0 Å². The van der Waals surface area contributed by atoms with Gasteiger partial charge in [-0.15, -0.1) is 0 Å². The monoisotopic (exact) mass is 688 g/mol. The van der Waals surface area contributed by atoms with Gasteiger partial charge < -0.3 is 9.47 Å². The smallest absolute Gasteiger partial charge is 0.0561 e.